The molecule has 18 heavy (non-hydrogen) atoms. The lowest BCUT2D eigenvalue weighted by Gasteiger charge is -2.29. The van der Waals surface area contributed by atoms with E-state index in [1.807, 2.05) is 0 Å². The number of carbonyl (C=O) groups is 1. The number of hydrogen-bond acceptors (Lipinski definition) is 2. The number of piperidine rings is 1. The van der Waals surface area contributed by atoms with E-state index in [9.17, 15) is 4.79 Å². The van der Waals surface area contributed by atoms with Crippen molar-refractivity contribution in [3.63, 3.8) is 0 Å². The van der Waals surface area contributed by atoms with Crippen LogP contribution in [0.5, 0.6) is 0 Å². The van der Waals surface area contributed by atoms with E-state index in [-0.39, 0.29) is 5.91 Å². The van der Waals surface area contributed by atoms with Gasteiger partial charge in [-0.2, -0.15) is 0 Å². The van der Waals surface area contributed by atoms with Gasteiger partial charge >= 0.3 is 0 Å². The van der Waals surface area contributed by atoms with Crippen molar-refractivity contribution in [3.8, 4) is 0 Å². The fraction of sp³-hybridized carbons (Fsp3) is 0.933. The maximum atomic E-state index is 12.0. The summed E-state index contributed by atoms with van der Waals surface area (Å²) in [5, 5.41) is 6.64. The van der Waals surface area contributed by atoms with Gasteiger partial charge in [-0.15, -0.1) is 0 Å². The van der Waals surface area contributed by atoms with E-state index < -0.39 is 0 Å². The third kappa shape index (κ3) is 4.27. The number of rotatable bonds is 4. The zero-order chi connectivity index (χ0) is 12.8. The molecule has 2 unspecified atom stereocenters. The Kier molecular flexibility index (Phi) is 5.48. The maximum Gasteiger partial charge on any atom is 0.220 e. The zero-order valence-electron chi connectivity index (χ0n) is 11.7. The third-order valence-electron chi connectivity index (χ3n) is 4.63. The first-order valence-electron chi connectivity index (χ1n) is 7.76. The van der Waals surface area contributed by atoms with Crippen molar-refractivity contribution in [2.75, 3.05) is 13.1 Å². The molecule has 1 aliphatic heterocycles. The van der Waals surface area contributed by atoms with Crippen molar-refractivity contribution in [2.24, 2.45) is 11.8 Å². The Labute approximate surface area is 111 Å². The van der Waals surface area contributed by atoms with Gasteiger partial charge in [0.25, 0.3) is 0 Å². The second-order valence-electron chi connectivity index (χ2n) is 6.17. The summed E-state index contributed by atoms with van der Waals surface area (Å²) in [4.78, 5) is 12.0. The molecule has 0 aromatic rings. The molecular weight excluding hydrogens is 224 g/mol. The smallest absolute Gasteiger partial charge is 0.220 e. The van der Waals surface area contributed by atoms with Crippen molar-refractivity contribution in [3.05, 3.63) is 0 Å². The summed E-state index contributed by atoms with van der Waals surface area (Å²) in [6, 6.07) is 0.328. The molecule has 3 nitrogen and oxygen atoms in total. The summed E-state index contributed by atoms with van der Waals surface area (Å²) >= 11 is 0. The quantitative estimate of drug-likeness (QED) is 0.807. The summed E-state index contributed by atoms with van der Waals surface area (Å²) in [5.41, 5.74) is 0. The highest BCUT2D eigenvalue weighted by Crippen LogP contribution is 2.26. The fourth-order valence-corrected chi connectivity index (χ4v) is 3.39. The van der Waals surface area contributed by atoms with Crippen molar-refractivity contribution in [2.45, 2.75) is 64.3 Å². The highest BCUT2D eigenvalue weighted by molar-refractivity contribution is 5.76. The minimum atomic E-state index is 0.278. The third-order valence-corrected chi connectivity index (χ3v) is 4.63. The lowest BCUT2D eigenvalue weighted by atomic mass is 9.86. The molecule has 0 spiro atoms. The lowest BCUT2D eigenvalue weighted by molar-refractivity contribution is -0.123. The molecule has 0 bridgehead atoms. The van der Waals surface area contributed by atoms with Gasteiger partial charge in [0, 0.05) is 12.5 Å². The molecule has 104 valence electrons. The van der Waals surface area contributed by atoms with E-state index in [4.69, 9.17) is 0 Å². The molecule has 1 aliphatic carbocycles. The largest absolute Gasteiger partial charge is 0.353 e. The van der Waals surface area contributed by atoms with Gasteiger partial charge < -0.3 is 10.6 Å². The Morgan fingerprint density at radius 2 is 2.00 bits per heavy atom. The van der Waals surface area contributed by atoms with E-state index >= 15 is 0 Å². The van der Waals surface area contributed by atoms with E-state index in [2.05, 4.69) is 17.6 Å². The monoisotopic (exact) mass is 252 g/mol. The van der Waals surface area contributed by atoms with Crippen molar-refractivity contribution in [1.29, 1.82) is 0 Å². The Morgan fingerprint density at radius 3 is 2.67 bits per heavy atom. The molecule has 1 heterocycles. The van der Waals surface area contributed by atoms with Crippen LogP contribution in [0.2, 0.25) is 0 Å². The second kappa shape index (κ2) is 7.13. The van der Waals surface area contributed by atoms with Gasteiger partial charge in [-0.3, -0.25) is 4.79 Å². The van der Waals surface area contributed by atoms with Crippen LogP contribution in [0.1, 0.15) is 58.3 Å². The average molecular weight is 252 g/mol. The van der Waals surface area contributed by atoms with Crippen LogP contribution in [-0.4, -0.2) is 25.0 Å². The molecule has 2 fully saturated rings. The molecule has 2 aliphatic rings. The number of hydrogen-bond donors (Lipinski definition) is 2. The molecule has 2 rings (SSSR count). The predicted molar refractivity (Wildman–Crippen MR) is 74.4 cm³/mol. The Hall–Kier alpha value is -0.570. The van der Waals surface area contributed by atoms with Crippen LogP contribution in [0.3, 0.4) is 0 Å². The average Bonchev–Trinajstić information content (AvgIpc) is 2.40. The van der Waals surface area contributed by atoms with E-state index in [1.54, 1.807) is 0 Å². The Balaban J connectivity index is 1.68. The summed E-state index contributed by atoms with van der Waals surface area (Å²) < 4.78 is 0. The van der Waals surface area contributed by atoms with Crippen molar-refractivity contribution >= 4 is 5.91 Å². The van der Waals surface area contributed by atoms with Crippen LogP contribution in [0.4, 0.5) is 0 Å². The topological polar surface area (TPSA) is 41.1 Å². The van der Waals surface area contributed by atoms with Gasteiger partial charge in [0.2, 0.25) is 5.91 Å². The second-order valence-corrected chi connectivity index (χ2v) is 6.17. The highest BCUT2D eigenvalue weighted by atomic mass is 16.1. The van der Waals surface area contributed by atoms with Crippen LogP contribution in [-0.2, 0) is 4.79 Å². The van der Waals surface area contributed by atoms with Crippen LogP contribution in [0.15, 0.2) is 0 Å². The van der Waals surface area contributed by atoms with Crippen LogP contribution < -0.4 is 10.6 Å². The summed E-state index contributed by atoms with van der Waals surface area (Å²) in [5.74, 6) is 1.55. The van der Waals surface area contributed by atoms with Crippen molar-refractivity contribution in [1.82, 2.24) is 10.6 Å². The first-order valence-corrected chi connectivity index (χ1v) is 7.76. The van der Waals surface area contributed by atoms with Crippen LogP contribution in [0.25, 0.3) is 0 Å². The summed E-state index contributed by atoms with van der Waals surface area (Å²) in [6.45, 7) is 4.36. The molecule has 3 heteroatoms. The highest BCUT2D eigenvalue weighted by Gasteiger charge is 2.23. The first kappa shape index (κ1) is 13.9. The Morgan fingerprint density at radius 1 is 1.22 bits per heavy atom. The first-order chi connectivity index (χ1) is 8.75. The predicted octanol–water partition coefficient (Wildman–Crippen LogP) is 2.46. The molecule has 0 aromatic heterocycles. The van der Waals surface area contributed by atoms with E-state index in [0.29, 0.717) is 17.9 Å². The molecule has 2 N–H and O–H groups in total. The minimum absolute atomic E-state index is 0.278. The standard InChI is InChI=1S/C15H28N2O/c1-12(14-8-5-9-16-11-14)17-15(18)10-13-6-3-2-4-7-13/h12-14,16H,2-11H2,1H3,(H,17,18). The summed E-state index contributed by atoms with van der Waals surface area (Å²) in [6.07, 6.45) is 9.76. The molecule has 2 atom stereocenters. The lowest BCUT2D eigenvalue weighted by Crippen LogP contribution is -2.44. The number of amides is 1. The molecule has 0 radical (unpaired) electrons. The van der Waals surface area contributed by atoms with E-state index in [0.717, 1.165) is 19.5 Å². The van der Waals surface area contributed by atoms with Gasteiger partial charge in [-0.1, -0.05) is 19.3 Å². The maximum absolute atomic E-state index is 12.0. The minimum Gasteiger partial charge on any atom is -0.353 e. The van der Waals surface area contributed by atoms with Crippen molar-refractivity contribution < 1.29 is 4.79 Å². The normalized spacial score (nSPS) is 27.7. The van der Waals surface area contributed by atoms with Gasteiger partial charge in [0.1, 0.15) is 0 Å². The molecular formula is C15H28N2O. The molecule has 1 saturated carbocycles. The summed E-state index contributed by atoms with van der Waals surface area (Å²) in [7, 11) is 0. The van der Waals surface area contributed by atoms with Crippen LogP contribution in [0, 0.1) is 11.8 Å². The molecule has 1 amide bonds. The van der Waals surface area contributed by atoms with Gasteiger partial charge in [-0.05, 0) is 57.5 Å². The van der Waals surface area contributed by atoms with Gasteiger partial charge in [0.05, 0.1) is 0 Å². The van der Waals surface area contributed by atoms with Gasteiger partial charge in [-0.25, -0.2) is 0 Å². The molecule has 0 aromatic carbocycles. The Bertz CT molecular complexity index is 255. The molecule has 1 saturated heterocycles. The fourth-order valence-electron chi connectivity index (χ4n) is 3.39. The van der Waals surface area contributed by atoms with Gasteiger partial charge in [0.15, 0.2) is 0 Å². The number of carbonyl (C=O) groups excluding carboxylic acids is 1. The number of nitrogens with one attached hydrogen (secondary N) is 2. The van der Waals surface area contributed by atoms with E-state index in [1.165, 1.54) is 44.9 Å². The zero-order valence-corrected chi connectivity index (χ0v) is 11.7. The SMILES string of the molecule is CC(NC(=O)CC1CCCCC1)C1CCCNC1. The van der Waals surface area contributed by atoms with Crippen LogP contribution >= 0.6 is 0 Å².